The minimum atomic E-state index is -0.649. The van der Waals surface area contributed by atoms with Crippen molar-refractivity contribution in [1.82, 2.24) is 0 Å². The van der Waals surface area contributed by atoms with Crippen molar-refractivity contribution >= 4 is 17.4 Å². The zero-order valence-electron chi connectivity index (χ0n) is 15.0. The van der Waals surface area contributed by atoms with E-state index in [0.29, 0.717) is 23.6 Å². The first-order valence-corrected chi connectivity index (χ1v) is 8.29. The first-order chi connectivity index (χ1) is 11.2. The van der Waals surface area contributed by atoms with Crippen LogP contribution in [-0.2, 0) is 9.59 Å². The number of nitrogens with one attached hydrogen (secondary N) is 1. The summed E-state index contributed by atoms with van der Waals surface area (Å²) in [6, 6.07) is 5.28. The van der Waals surface area contributed by atoms with Crippen LogP contribution in [0, 0.1) is 16.2 Å². The average Bonchev–Trinajstić information content (AvgIpc) is 2.85. The number of Topliss-reactive ketones (excluding diaryl/α,β-unsaturated/α-hetero) is 1. The van der Waals surface area contributed by atoms with E-state index >= 15 is 0 Å². The van der Waals surface area contributed by atoms with Gasteiger partial charge in [0.15, 0.2) is 0 Å². The molecule has 2 aliphatic carbocycles. The summed E-state index contributed by atoms with van der Waals surface area (Å²) < 4.78 is 10.5. The van der Waals surface area contributed by atoms with Crippen LogP contribution in [-0.4, -0.2) is 25.9 Å². The Bertz CT molecular complexity index is 711. The maximum atomic E-state index is 13.2. The molecule has 130 valence electrons. The lowest BCUT2D eigenvalue weighted by Gasteiger charge is -2.38. The molecule has 5 heteroatoms. The predicted molar refractivity (Wildman–Crippen MR) is 91.4 cm³/mol. The molecule has 1 N–H and O–H groups in total. The molecular weight excluding hydrogens is 306 g/mol. The van der Waals surface area contributed by atoms with E-state index in [2.05, 4.69) is 19.2 Å². The standard InChI is InChI=1S/C19H25NO4/c1-17(2)18(3)8-9-19(17,11-15(18)21)16(22)20-13-7-6-12(23-4)10-14(13)24-5/h6-7,10H,8-9,11H2,1-5H3,(H,20,22)/t18-,19-/m1/s1. The summed E-state index contributed by atoms with van der Waals surface area (Å²) in [7, 11) is 3.14. The van der Waals surface area contributed by atoms with E-state index in [1.54, 1.807) is 32.4 Å². The minimum Gasteiger partial charge on any atom is -0.497 e. The smallest absolute Gasteiger partial charge is 0.231 e. The van der Waals surface area contributed by atoms with Gasteiger partial charge in [-0.05, 0) is 30.4 Å². The summed E-state index contributed by atoms with van der Waals surface area (Å²) in [4.78, 5) is 25.7. The van der Waals surface area contributed by atoms with Crippen LogP contribution in [0.1, 0.15) is 40.0 Å². The molecule has 24 heavy (non-hydrogen) atoms. The number of ether oxygens (including phenoxy) is 2. The van der Waals surface area contributed by atoms with Crippen molar-refractivity contribution in [3.63, 3.8) is 0 Å². The fourth-order valence-electron chi connectivity index (χ4n) is 4.50. The second-order valence-electron chi connectivity index (χ2n) is 7.66. The minimum absolute atomic E-state index is 0.0921. The second-order valence-corrected chi connectivity index (χ2v) is 7.66. The SMILES string of the molecule is COc1ccc(NC(=O)[C@@]23CC[C@](C)(C(=O)C2)C3(C)C)c(OC)c1. The zero-order valence-corrected chi connectivity index (χ0v) is 15.0. The van der Waals surface area contributed by atoms with Gasteiger partial charge in [-0.2, -0.15) is 0 Å². The van der Waals surface area contributed by atoms with Crippen molar-refractivity contribution in [3.05, 3.63) is 18.2 Å². The lowest BCUT2D eigenvalue weighted by atomic mass is 9.64. The summed E-state index contributed by atoms with van der Waals surface area (Å²) >= 11 is 0. The summed E-state index contributed by atoms with van der Waals surface area (Å²) in [5.41, 5.74) is -0.819. The summed E-state index contributed by atoms with van der Waals surface area (Å²) in [6.45, 7) is 6.11. The normalized spacial score (nSPS) is 30.3. The number of fused-ring (bicyclic) bond motifs is 2. The number of benzene rings is 1. The maximum absolute atomic E-state index is 13.2. The van der Waals surface area contributed by atoms with E-state index in [0.717, 1.165) is 12.8 Å². The Morgan fingerprint density at radius 1 is 1.12 bits per heavy atom. The summed E-state index contributed by atoms with van der Waals surface area (Å²) in [6.07, 6.45) is 1.83. The lowest BCUT2D eigenvalue weighted by Crippen LogP contribution is -2.43. The van der Waals surface area contributed by atoms with Crippen LogP contribution in [0.15, 0.2) is 18.2 Å². The molecule has 0 aromatic heterocycles. The van der Waals surface area contributed by atoms with Gasteiger partial charge in [0.1, 0.15) is 17.3 Å². The number of carbonyl (C=O) groups excluding carboxylic acids is 2. The van der Waals surface area contributed by atoms with Crippen molar-refractivity contribution in [1.29, 1.82) is 0 Å². The highest BCUT2D eigenvalue weighted by Crippen LogP contribution is 2.70. The Balaban J connectivity index is 1.93. The van der Waals surface area contributed by atoms with Gasteiger partial charge in [0, 0.05) is 17.9 Å². The number of rotatable bonds is 4. The third kappa shape index (κ3) is 1.93. The molecule has 2 atom stereocenters. The third-order valence-electron chi connectivity index (χ3n) is 6.80. The molecule has 0 heterocycles. The molecule has 0 spiro atoms. The average molecular weight is 331 g/mol. The van der Waals surface area contributed by atoms with E-state index < -0.39 is 10.8 Å². The molecule has 3 rings (SSSR count). The van der Waals surface area contributed by atoms with Gasteiger partial charge in [0.2, 0.25) is 5.91 Å². The topological polar surface area (TPSA) is 64.6 Å². The highest BCUT2D eigenvalue weighted by atomic mass is 16.5. The highest BCUT2D eigenvalue weighted by molar-refractivity contribution is 6.05. The van der Waals surface area contributed by atoms with Crippen LogP contribution >= 0.6 is 0 Å². The van der Waals surface area contributed by atoms with Crippen molar-refractivity contribution in [3.8, 4) is 11.5 Å². The molecule has 1 amide bonds. The molecular formula is C19H25NO4. The molecule has 0 radical (unpaired) electrons. The molecule has 0 unspecified atom stereocenters. The Kier molecular flexibility index (Phi) is 3.66. The molecule has 2 aliphatic rings. The summed E-state index contributed by atoms with van der Waals surface area (Å²) in [5.74, 6) is 1.32. The quantitative estimate of drug-likeness (QED) is 0.918. The van der Waals surface area contributed by atoms with E-state index in [1.807, 2.05) is 6.92 Å². The van der Waals surface area contributed by atoms with E-state index in [1.165, 1.54) is 0 Å². The number of ketones is 1. The number of hydrogen-bond donors (Lipinski definition) is 1. The lowest BCUT2D eigenvalue weighted by molar-refractivity contribution is -0.131. The van der Waals surface area contributed by atoms with Crippen LogP contribution in [0.5, 0.6) is 11.5 Å². The molecule has 0 aliphatic heterocycles. The van der Waals surface area contributed by atoms with Crippen LogP contribution in [0.25, 0.3) is 0 Å². The van der Waals surface area contributed by atoms with Gasteiger partial charge in [-0.1, -0.05) is 20.8 Å². The summed E-state index contributed by atoms with van der Waals surface area (Å²) in [5, 5.41) is 2.99. The van der Waals surface area contributed by atoms with Gasteiger partial charge >= 0.3 is 0 Å². The first kappa shape index (κ1) is 16.8. The fraction of sp³-hybridized carbons (Fsp3) is 0.579. The molecule has 1 aromatic carbocycles. The molecule has 2 bridgehead atoms. The van der Waals surface area contributed by atoms with Crippen molar-refractivity contribution in [2.45, 2.75) is 40.0 Å². The van der Waals surface area contributed by atoms with Crippen molar-refractivity contribution in [2.75, 3.05) is 19.5 Å². The zero-order chi connectivity index (χ0) is 17.8. The largest absolute Gasteiger partial charge is 0.497 e. The monoisotopic (exact) mass is 331 g/mol. The van der Waals surface area contributed by atoms with Crippen molar-refractivity contribution in [2.24, 2.45) is 16.2 Å². The Hall–Kier alpha value is -2.04. The maximum Gasteiger partial charge on any atom is 0.231 e. The van der Waals surface area contributed by atoms with Gasteiger partial charge in [-0.15, -0.1) is 0 Å². The number of hydrogen-bond acceptors (Lipinski definition) is 4. The highest BCUT2D eigenvalue weighted by Gasteiger charge is 2.72. The second kappa shape index (κ2) is 5.23. The van der Waals surface area contributed by atoms with Crippen LogP contribution in [0.2, 0.25) is 0 Å². The predicted octanol–water partition coefficient (Wildman–Crippen LogP) is 3.43. The van der Waals surface area contributed by atoms with Crippen LogP contribution in [0.4, 0.5) is 5.69 Å². The number of carbonyl (C=O) groups is 2. The van der Waals surface area contributed by atoms with E-state index in [-0.39, 0.29) is 17.1 Å². The van der Waals surface area contributed by atoms with Crippen molar-refractivity contribution < 1.29 is 19.1 Å². The van der Waals surface area contributed by atoms with Gasteiger partial charge in [0.05, 0.1) is 25.3 Å². The molecule has 0 saturated heterocycles. The number of amides is 1. The van der Waals surface area contributed by atoms with Gasteiger partial charge in [-0.3, -0.25) is 9.59 Å². The van der Waals surface area contributed by atoms with E-state index in [9.17, 15) is 9.59 Å². The van der Waals surface area contributed by atoms with Crippen LogP contribution in [0.3, 0.4) is 0 Å². The molecule has 5 nitrogen and oxygen atoms in total. The Labute approximate surface area is 142 Å². The van der Waals surface area contributed by atoms with Gasteiger partial charge < -0.3 is 14.8 Å². The van der Waals surface area contributed by atoms with Gasteiger partial charge in [-0.25, -0.2) is 0 Å². The molecule has 2 fully saturated rings. The van der Waals surface area contributed by atoms with Crippen LogP contribution < -0.4 is 14.8 Å². The fourth-order valence-corrected chi connectivity index (χ4v) is 4.50. The van der Waals surface area contributed by atoms with E-state index in [4.69, 9.17) is 9.47 Å². The Morgan fingerprint density at radius 2 is 1.83 bits per heavy atom. The molecule has 1 aromatic rings. The third-order valence-corrected chi connectivity index (χ3v) is 6.80. The number of anilines is 1. The molecule has 2 saturated carbocycles. The first-order valence-electron chi connectivity index (χ1n) is 8.29. The Morgan fingerprint density at radius 3 is 2.33 bits per heavy atom. The number of methoxy groups -OCH3 is 2. The van der Waals surface area contributed by atoms with Gasteiger partial charge in [0.25, 0.3) is 0 Å².